The maximum Gasteiger partial charge on any atom is 0.224 e. The summed E-state index contributed by atoms with van der Waals surface area (Å²) in [5.41, 5.74) is 2.40. The van der Waals surface area contributed by atoms with Gasteiger partial charge >= 0.3 is 0 Å². The molecule has 0 radical (unpaired) electrons. The Balaban J connectivity index is 1.99. The molecule has 3 aromatic rings. The molecular weight excluding hydrogens is 361 g/mol. The molecule has 0 saturated carbocycles. The van der Waals surface area contributed by atoms with E-state index in [1.165, 1.54) is 12.1 Å². The number of anilines is 3. The normalized spacial score (nSPS) is 10.4. The van der Waals surface area contributed by atoms with Crippen LogP contribution >= 0.6 is 15.9 Å². The molecular formula is C16H13BrFN5. The Bertz CT molecular complexity index is 826. The number of aromatic nitrogens is 3. The van der Waals surface area contributed by atoms with Crippen LogP contribution in [0.5, 0.6) is 0 Å². The second-order valence-corrected chi connectivity index (χ2v) is 5.55. The van der Waals surface area contributed by atoms with Crippen LogP contribution in [0.25, 0.3) is 11.3 Å². The number of benzene rings is 1. The van der Waals surface area contributed by atoms with Crippen LogP contribution in [0.1, 0.15) is 0 Å². The van der Waals surface area contributed by atoms with Crippen LogP contribution in [-0.2, 0) is 0 Å². The van der Waals surface area contributed by atoms with Crippen LogP contribution in [0.3, 0.4) is 0 Å². The SMILES string of the molecule is CNc1nc(Nc2ccc(F)cc2Br)cc(-c2ccncc2)n1. The Kier molecular flexibility index (Phi) is 4.47. The molecule has 0 aliphatic heterocycles. The highest BCUT2D eigenvalue weighted by molar-refractivity contribution is 9.10. The zero-order valence-corrected chi connectivity index (χ0v) is 13.8. The van der Waals surface area contributed by atoms with E-state index in [4.69, 9.17) is 0 Å². The molecule has 0 unspecified atom stereocenters. The maximum absolute atomic E-state index is 13.2. The fourth-order valence-electron chi connectivity index (χ4n) is 2.02. The van der Waals surface area contributed by atoms with Gasteiger partial charge in [-0.15, -0.1) is 0 Å². The molecule has 0 fully saturated rings. The first kappa shape index (κ1) is 15.4. The standard InChI is InChI=1S/C16H13BrFN5/c1-19-16-22-14(10-4-6-20-7-5-10)9-15(23-16)21-13-3-2-11(18)8-12(13)17/h2-9H,1H3,(H2,19,21,22,23). The summed E-state index contributed by atoms with van der Waals surface area (Å²) in [5, 5.41) is 6.10. The van der Waals surface area contributed by atoms with Crippen LogP contribution in [0.15, 0.2) is 53.3 Å². The zero-order valence-electron chi connectivity index (χ0n) is 12.2. The van der Waals surface area contributed by atoms with E-state index in [0.717, 1.165) is 11.3 Å². The van der Waals surface area contributed by atoms with Gasteiger partial charge < -0.3 is 10.6 Å². The van der Waals surface area contributed by atoms with Crippen molar-refractivity contribution in [3.05, 3.63) is 59.1 Å². The molecule has 116 valence electrons. The minimum atomic E-state index is -0.307. The van der Waals surface area contributed by atoms with Crippen LogP contribution in [-0.4, -0.2) is 22.0 Å². The Labute approximate surface area is 141 Å². The van der Waals surface area contributed by atoms with Crippen LogP contribution in [0.4, 0.5) is 21.8 Å². The van der Waals surface area contributed by atoms with Gasteiger partial charge in [-0.3, -0.25) is 4.98 Å². The highest BCUT2D eigenvalue weighted by Crippen LogP contribution is 2.28. The van der Waals surface area contributed by atoms with Crippen LogP contribution < -0.4 is 10.6 Å². The molecule has 23 heavy (non-hydrogen) atoms. The Morgan fingerprint density at radius 2 is 1.83 bits per heavy atom. The smallest absolute Gasteiger partial charge is 0.224 e. The minimum absolute atomic E-state index is 0.307. The summed E-state index contributed by atoms with van der Waals surface area (Å²) in [6, 6.07) is 10.0. The van der Waals surface area contributed by atoms with Crippen molar-refractivity contribution in [2.45, 2.75) is 0 Å². The highest BCUT2D eigenvalue weighted by Gasteiger charge is 2.08. The van der Waals surface area contributed by atoms with Crippen molar-refractivity contribution in [1.29, 1.82) is 0 Å². The lowest BCUT2D eigenvalue weighted by atomic mass is 10.2. The molecule has 0 spiro atoms. The van der Waals surface area contributed by atoms with Gasteiger partial charge in [0.1, 0.15) is 11.6 Å². The quantitative estimate of drug-likeness (QED) is 0.716. The lowest BCUT2D eigenvalue weighted by Gasteiger charge is -2.11. The van der Waals surface area contributed by atoms with Gasteiger partial charge in [-0.25, -0.2) is 9.37 Å². The van der Waals surface area contributed by atoms with Gasteiger partial charge in [-0.1, -0.05) is 0 Å². The number of halogens is 2. The van der Waals surface area contributed by atoms with Gasteiger partial charge in [0.2, 0.25) is 5.95 Å². The fraction of sp³-hybridized carbons (Fsp3) is 0.0625. The average Bonchev–Trinajstić information content (AvgIpc) is 2.58. The summed E-state index contributed by atoms with van der Waals surface area (Å²) in [4.78, 5) is 12.8. The van der Waals surface area contributed by atoms with Gasteiger partial charge in [-0.05, 0) is 46.3 Å². The summed E-state index contributed by atoms with van der Waals surface area (Å²) in [5.74, 6) is 0.780. The summed E-state index contributed by atoms with van der Waals surface area (Å²) < 4.78 is 13.8. The lowest BCUT2D eigenvalue weighted by molar-refractivity contribution is 0.627. The van der Waals surface area contributed by atoms with E-state index in [2.05, 4.69) is 41.5 Å². The molecule has 0 aliphatic carbocycles. The van der Waals surface area contributed by atoms with E-state index in [9.17, 15) is 4.39 Å². The van der Waals surface area contributed by atoms with Gasteiger partial charge in [-0.2, -0.15) is 4.98 Å². The molecule has 1 aromatic carbocycles. The molecule has 7 heteroatoms. The van der Waals surface area contributed by atoms with Crippen molar-refractivity contribution in [3.8, 4) is 11.3 Å². The second kappa shape index (κ2) is 6.70. The average molecular weight is 374 g/mol. The Hall–Kier alpha value is -2.54. The van der Waals surface area contributed by atoms with Crippen molar-refractivity contribution in [2.24, 2.45) is 0 Å². The van der Waals surface area contributed by atoms with Crippen LogP contribution in [0, 0.1) is 5.82 Å². The lowest BCUT2D eigenvalue weighted by Crippen LogP contribution is -2.02. The van der Waals surface area contributed by atoms with Gasteiger partial charge in [0.25, 0.3) is 0 Å². The Morgan fingerprint density at radius 3 is 2.52 bits per heavy atom. The number of rotatable bonds is 4. The number of nitrogens with one attached hydrogen (secondary N) is 2. The third kappa shape index (κ3) is 3.62. The van der Waals surface area contributed by atoms with Crippen molar-refractivity contribution >= 4 is 33.4 Å². The Morgan fingerprint density at radius 1 is 1.04 bits per heavy atom. The predicted molar refractivity (Wildman–Crippen MR) is 92.2 cm³/mol. The summed E-state index contributed by atoms with van der Waals surface area (Å²) in [7, 11) is 1.75. The highest BCUT2D eigenvalue weighted by atomic mass is 79.9. The summed E-state index contributed by atoms with van der Waals surface area (Å²) in [6.07, 6.45) is 3.42. The summed E-state index contributed by atoms with van der Waals surface area (Å²) in [6.45, 7) is 0. The van der Waals surface area contributed by atoms with Crippen molar-refractivity contribution < 1.29 is 4.39 Å². The summed E-state index contributed by atoms with van der Waals surface area (Å²) >= 11 is 3.33. The molecule has 0 aliphatic rings. The van der Waals surface area contributed by atoms with Gasteiger partial charge in [0.05, 0.1) is 11.4 Å². The molecule has 0 atom stereocenters. The van der Waals surface area contributed by atoms with E-state index in [1.54, 1.807) is 25.5 Å². The topological polar surface area (TPSA) is 62.7 Å². The van der Waals surface area contributed by atoms with Crippen molar-refractivity contribution in [3.63, 3.8) is 0 Å². The van der Waals surface area contributed by atoms with E-state index >= 15 is 0 Å². The molecule has 2 heterocycles. The first-order valence-electron chi connectivity index (χ1n) is 6.85. The van der Waals surface area contributed by atoms with E-state index in [0.29, 0.717) is 21.9 Å². The van der Waals surface area contributed by atoms with Gasteiger partial charge in [0.15, 0.2) is 0 Å². The zero-order chi connectivity index (χ0) is 16.2. The molecule has 5 nitrogen and oxygen atoms in total. The first-order valence-corrected chi connectivity index (χ1v) is 7.64. The monoisotopic (exact) mass is 373 g/mol. The minimum Gasteiger partial charge on any atom is -0.357 e. The van der Waals surface area contributed by atoms with Gasteiger partial charge in [0, 0.05) is 35.5 Å². The second-order valence-electron chi connectivity index (χ2n) is 4.70. The number of hydrogen-bond acceptors (Lipinski definition) is 5. The predicted octanol–water partition coefficient (Wildman–Crippen LogP) is 4.23. The third-order valence-corrected chi connectivity index (χ3v) is 3.78. The number of nitrogens with zero attached hydrogens (tertiary/aromatic N) is 3. The molecule has 2 N–H and O–H groups in total. The van der Waals surface area contributed by atoms with Crippen molar-refractivity contribution in [1.82, 2.24) is 15.0 Å². The van der Waals surface area contributed by atoms with E-state index in [1.807, 2.05) is 18.2 Å². The largest absolute Gasteiger partial charge is 0.357 e. The van der Waals surface area contributed by atoms with E-state index in [-0.39, 0.29) is 5.82 Å². The maximum atomic E-state index is 13.2. The molecule has 3 rings (SSSR count). The molecule has 0 saturated heterocycles. The fourth-order valence-corrected chi connectivity index (χ4v) is 2.47. The molecule has 2 aromatic heterocycles. The molecule has 0 amide bonds. The van der Waals surface area contributed by atoms with E-state index < -0.39 is 0 Å². The number of pyridine rings is 1. The third-order valence-electron chi connectivity index (χ3n) is 3.12. The number of hydrogen-bond donors (Lipinski definition) is 2. The van der Waals surface area contributed by atoms with Crippen molar-refractivity contribution in [2.75, 3.05) is 17.7 Å². The van der Waals surface area contributed by atoms with Crippen LogP contribution in [0.2, 0.25) is 0 Å². The first-order chi connectivity index (χ1) is 11.2. The molecule has 0 bridgehead atoms.